The topological polar surface area (TPSA) is 96.6 Å². The van der Waals surface area contributed by atoms with Gasteiger partial charge in [-0.1, -0.05) is 18.2 Å². The van der Waals surface area contributed by atoms with Gasteiger partial charge >= 0.3 is 0 Å². The number of primary amides is 1. The fraction of sp³-hybridized carbons (Fsp3) is 0.333. The normalized spacial score (nSPS) is 18.0. The van der Waals surface area contributed by atoms with Crippen molar-refractivity contribution in [1.29, 1.82) is 0 Å². The Kier molecular flexibility index (Phi) is 4.65. The molecule has 0 bridgehead atoms. The molecule has 2 N–H and O–H groups in total. The summed E-state index contributed by atoms with van der Waals surface area (Å²) >= 11 is 0. The van der Waals surface area contributed by atoms with Crippen molar-refractivity contribution < 1.29 is 14.4 Å². The second-order valence-corrected chi connectivity index (χ2v) is 6.20. The second-order valence-electron chi connectivity index (χ2n) is 6.20. The average molecular weight is 340 g/mol. The van der Waals surface area contributed by atoms with E-state index in [1.807, 2.05) is 24.3 Å². The molecule has 0 aliphatic carbocycles. The number of benzene rings is 1. The van der Waals surface area contributed by atoms with Crippen molar-refractivity contribution in [3.8, 4) is 0 Å². The molecule has 0 radical (unpaired) electrons. The molecule has 1 unspecified atom stereocenters. The summed E-state index contributed by atoms with van der Waals surface area (Å²) in [6.45, 7) is 2.61. The number of fused-ring (bicyclic) bond motifs is 1. The summed E-state index contributed by atoms with van der Waals surface area (Å²) in [5.74, 6) is -1.44. The lowest BCUT2D eigenvalue weighted by Crippen LogP contribution is -2.41. The molecule has 2 aromatic rings. The molecule has 1 saturated heterocycles. The number of nitrogens with zero attached hydrogens (tertiary/aromatic N) is 3. The zero-order valence-electron chi connectivity index (χ0n) is 14.0. The van der Waals surface area contributed by atoms with Crippen LogP contribution in [0.25, 0.3) is 10.9 Å². The molecular weight excluding hydrogens is 320 g/mol. The van der Waals surface area contributed by atoms with E-state index in [1.165, 1.54) is 6.92 Å². The molecule has 2 heterocycles. The lowest BCUT2D eigenvalue weighted by atomic mass is 10.1. The number of carbonyl (C=O) groups is 3. The first-order valence-corrected chi connectivity index (χ1v) is 8.15. The van der Waals surface area contributed by atoms with Gasteiger partial charge in [0.25, 0.3) is 5.91 Å². The third-order valence-electron chi connectivity index (χ3n) is 4.52. The number of amides is 3. The van der Waals surface area contributed by atoms with Crippen molar-refractivity contribution in [1.82, 2.24) is 14.8 Å². The number of nitrogens with two attached hydrogens (primary N) is 1. The standard InChI is InChI=1S/C18H20N4O3/c1-12(23)21-8-9-22(11-14(10-21)17(19)24)18(25)15-6-2-4-13-5-3-7-20-16(13)15/h2-7,14H,8-11H2,1H3,(H2,19,24). The first-order valence-electron chi connectivity index (χ1n) is 8.15. The van der Waals surface area contributed by atoms with Crippen molar-refractivity contribution in [3.63, 3.8) is 0 Å². The summed E-state index contributed by atoms with van der Waals surface area (Å²) in [7, 11) is 0. The lowest BCUT2D eigenvalue weighted by molar-refractivity contribution is -0.130. The third-order valence-corrected chi connectivity index (χ3v) is 4.52. The largest absolute Gasteiger partial charge is 0.369 e. The molecule has 3 rings (SSSR count). The van der Waals surface area contributed by atoms with Gasteiger partial charge in [-0.05, 0) is 12.1 Å². The highest BCUT2D eigenvalue weighted by molar-refractivity contribution is 6.05. The zero-order valence-corrected chi connectivity index (χ0v) is 14.0. The maximum Gasteiger partial charge on any atom is 0.256 e. The Balaban J connectivity index is 1.92. The van der Waals surface area contributed by atoms with Gasteiger partial charge in [0.15, 0.2) is 0 Å². The van der Waals surface area contributed by atoms with E-state index in [0.717, 1.165) is 5.39 Å². The van der Waals surface area contributed by atoms with E-state index in [1.54, 1.807) is 22.1 Å². The Morgan fingerprint density at radius 1 is 1.08 bits per heavy atom. The second kappa shape index (κ2) is 6.88. The first kappa shape index (κ1) is 16.9. The number of aromatic nitrogens is 1. The maximum absolute atomic E-state index is 13.0. The molecule has 1 aromatic carbocycles. The molecule has 0 saturated carbocycles. The molecule has 25 heavy (non-hydrogen) atoms. The van der Waals surface area contributed by atoms with Gasteiger partial charge in [-0.3, -0.25) is 19.4 Å². The molecule has 130 valence electrons. The van der Waals surface area contributed by atoms with Crippen LogP contribution in [0.5, 0.6) is 0 Å². The number of hydrogen-bond acceptors (Lipinski definition) is 4. The van der Waals surface area contributed by atoms with Crippen LogP contribution in [-0.2, 0) is 9.59 Å². The molecule has 7 heteroatoms. The highest BCUT2D eigenvalue weighted by atomic mass is 16.2. The predicted octanol–water partition coefficient (Wildman–Crippen LogP) is 0.641. The fourth-order valence-corrected chi connectivity index (χ4v) is 3.11. The van der Waals surface area contributed by atoms with Crippen LogP contribution < -0.4 is 5.73 Å². The maximum atomic E-state index is 13.0. The average Bonchev–Trinajstić information content (AvgIpc) is 2.84. The fourth-order valence-electron chi connectivity index (χ4n) is 3.11. The van der Waals surface area contributed by atoms with E-state index < -0.39 is 11.8 Å². The minimum absolute atomic E-state index is 0.132. The van der Waals surface area contributed by atoms with Gasteiger partial charge in [-0.15, -0.1) is 0 Å². The van der Waals surface area contributed by atoms with E-state index in [9.17, 15) is 14.4 Å². The van der Waals surface area contributed by atoms with E-state index in [0.29, 0.717) is 24.2 Å². The molecule has 1 atom stereocenters. The van der Waals surface area contributed by atoms with Crippen molar-refractivity contribution in [2.75, 3.05) is 26.2 Å². The van der Waals surface area contributed by atoms with Crippen LogP contribution >= 0.6 is 0 Å². The van der Waals surface area contributed by atoms with Gasteiger partial charge < -0.3 is 15.5 Å². The number of hydrogen-bond donors (Lipinski definition) is 1. The highest BCUT2D eigenvalue weighted by Crippen LogP contribution is 2.19. The van der Waals surface area contributed by atoms with E-state index >= 15 is 0 Å². The summed E-state index contributed by atoms with van der Waals surface area (Å²) in [6.07, 6.45) is 1.64. The predicted molar refractivity (Wildman–Crippen MR) is 92.6 cm³/mol. The van der Waals surface area contributed by atoms with Gasteiger partial charge in [0, 0.05) is 44.7 Å². The Morgan fingerprint density at radius 2 is 1.76 bits per heavy atom. The Bertz CT molecular complexity index is 831. The van der Waals surface area contributed by atoms with Crippen molar-refractivity contribution in [2.24, 2.45) is 11.7 Å². The van der Waals surface area contributed by atoms with Crippen molar-refractivity contribution >= 4 is 28.6 Å². The summed E-state index contributed by atoms with van der Waals surface area (Å²) in [5.41, 5.74) is 6.57. The van der Waals surface area contributed by atoms with Crippen LogP contribution in [0.3, 0.4) is 0 Å². The van der Waals surface area contributed by atoms with Gasteiger partial charge in [0.1, 0.15) is 0 Å². The van der Waals surface area contributed by atoms with Crippen molar-refractivity contribution in [2.45, 2.75) is 6.92 Å². The minimum atomic E-state index is -0.585. The summed E-state index contributed by atoms with van der Waals surface area (Å²) in [5, 5.41) is 0.875. The number of rotatable bonds is 2. The molecule has 0 spiro atoms. The smallest absolute Gasteiger partial charge is 0.256 e. The van der Waals surface area contributed by atoms with Gasteiger partial charge in [0.05, 0.1) is 17.0 Å². The molecule has 3 amide bonds. The van der Waals surface area contributed by atoms with Crippen LogP contribution in [0.2, 0.25) is 0 Å². The van der Waals surface area contributed by atoms with Crippen LogP contribution in [0.1, 0.15) is 17.3 Å². The number of carbonyl (C=O) groups excluding carboxylic acids is 3. The van der Waals surface area contributed by atoms with Crippen LogP contribution in [-0.4, -0.2) is 58.7 Å². The summed E-state index contributed by atoms with van der Waals surface area (Å²) in [6, 6.07) is 9.14. The molecule has 7 nitrogen and oxygen atoms in total. The highest BCUT2D eigenvalue weighted by Gasteiger charge is 2.30. The Hall–Kier alpha value is -2.96. The van der Waals surface area contributed by atoms with Crippen molar-refractivity contribution in [3.05, 3.63) is 42.1 Å². The van der Waals surface area contributed by atoms with Gasteiger partial charge in [-0.25, -0.2) is 0 Å². The number of pyridine rings is 1. The Morgan fingerprint density at radius 3 is 2.48 bits per heavy atom. The van der Waals surface area contributed by atoms with Gasteiger partial charge in [0.2, 0.25) is 11.8 Å². The molecule has 1 aromatic heterocycles. The van der Waals surface area contributed by atoms with E-state index in [4.69, 9.17) is 5.73 Å². The molecular formula is C18H20N4O3. The molecule has 1 fully saturated rings. The molecule has 1 aliphatic heterocycles. The van der Waals surface area contributed by atoms with Crippen LogP contribution in [0.15, 0.2) is 36.5 Å². The molecule has 1 aliphatic rings. The SMILES string of the molecule is CC(=O)N1CCN(C(=O)c2cccc3cccnc23)CC(C(N)=O)C1. The third kappa shape index (κ3) is 3.45. The first-order chi connectivity index (χ1) is 12.0. The number of para-hydroxylation sites is 1. The Labute approximate surface area is 145 Å². The van der Waals surface area contributed by atoms with Crippen LogP contribution in [0.4, 0.5) is 0 Å². The van der Waals surface area contributed by atoms with Gasteiger partial charge in [-0.2, -0.15) is 0 Å². The summed E-state index contributed by atoms with van der Waals surface area (Å²) < 4.78 is 0. The monoisotopic (exact) mass is 340 g/mol. The summed E-state index contributed by atoms with van der Waals surface area (Å²) in [4.78, 5) is 43.9. The zero-order chi connectivity index (χ0) is 18.0. The lowest BCUT2D eigenvalue weighted by Gasteiger charge is -2.23. The van der Waals surface area contributed by atoms with E-state index in [-0.39, 0.29) is 24.9 Å². The van der Waals surface area contributed by atoms with Crippen LogP contribution in [0, 0.1) is 5.92 Å². The van der Waals surface area contributed by atoms with E-state index in [2.05, 4.69) is 4.98 Å². The quantitative estimate of drug-likeness (QED) is 0.867. The minimum Gasteiger partial charge on any atom is -0.369 e.